The summed E-state index contributed by atoms with van der Waals surface area (Å²) in [5.41, 5.74) is 2.43. The Morgan fingerprint density at radius 2 is 1.69 bits per heavy atom. The summed E-state index contributed by atoms with van der Waals surface area (Å²) < 4.78 is 41.9. The molecule has 0 aliphatic carbocycles. The number of nitrogens with zero attached hydrogens (tertiary/aromatic N) is 2. The lowest BCUT2D eigenvalue weighted by Gasteiger charge is -2.59. The Hall–Kier alpha value is -2.45. The number of rotatable bonds is 5. The maximum absolute atomic E-state index is 13.5. The molecule has 5 nitrogen and oxygen atoms in total. The van der Waals surface area contributed by atoms with Crippen LogP contribution in [0.2, 0.25) is 5.02 Å². The summed E-state index contributed by atoms with van der Waals surface area (Å²) in [6.45, 7) is 0.714. The summed E-state index contributed by atoms with van der Waals surface area (Å²) in [4.78, 5) is 2.16. The number of halogens is 2. The van der Waals surface area contributed by atoms with E-state index in [1.807, 2.05) is 36.4 Å². The molecule has 2 aliphatic rings. The fourth-order valence-electron chi connectivity index (χ4n) is 4.95. The van der Waals surface area contributed by atoms with Crippen LogP contribution in [-0.2, 0) is 16.6 Å². The van der Waals surface area contributed by atoms with Crippen molar-refractivity contribution in [1.29, 1.82) is 0 Å². The summed E-state index contributed by atoms with van der Waals surface area (Å²) >= 11 is 6.36. The molecular formula is C24H22ClFN2O3S. The molecule has 2 aliphatic heterocycles. The van der Waals surface area contributed by atoms with Crippen molar-refractivity contribution < 1.29 is 17.9 Å². The van der Waals surface area contributed by atoms with Crippen LogP contribution in [-0.4, -0.2) is 43.7 Å². The summed E-state index contributed by atoms with van der Waals surface area (Å²) in [6.07, 6.45) is 0. The van der Waals surface area contributed by atoms with E-state index in [2.05, 4.69) is 4.90 Å². The van der Waals surface area contributed by atoms with Crippen LogP contribution in [0.15, 0.2) is 77.7 Å². The third-order valence-electron chi connectivity index (χ3n) is 6.50. The number of para-hydroxylation sites is 1. The minimum Gasteiger partial charge on any atom is -0.395 e. The number of benzene rings is 3. The molecule has 0 bridgehead atoms. The first-order valence-electron chi connectivity index (χ1n) is 10.4. The fraction of sp³-hybridized carbons (Fsp3) is 0.250. The second-order valence-electron chi connectivity index (χ2n) is 8.16. The quantitative estimate of drug-likeness (QED) is 0.609. The lowest BCUT2D eigenvalue weighted by molar-refractivity contribution is -0.0477. The predicted octanol–water partition coefficient (Wildman–Crippen LogP) is 4.02. The van der Waals surface area contributed by atoms with Crippen molar-refractivity contribution in [2.75, 3.05) is 17.5 Å². The Labute approximate surface area is 191 Å². The van der Waals surface area contributed by atoms with E-state index in [1.54, 1.807) is 12.1 Å². The topological polar surface area (TPSA) is 60.9 Å². The van der Waals surface area contributed by atoms with Gasteiger partial charge in [0.25, 0.3) is 10.0 Å². The minimum atomic E-state index is -3.89. The van der Waals surface area contributed by atoms with Gasteiger partial charge in [0.15, 0.2) is 0 Å². The fourth-order valence-corrected chi connectivity index (χ4v) is 6.65. The molecule has 32 heavy (non-hydrogen) atoms. The third kappa shape index (κ3) is 3.40. The molecule has 0 aromatic heterocycles. The highest BCUT2D eigenvalue weighted by Gasteiger charge is 2.54. The molecular weight excluding hydrogens is 451 g/mol. The number of anilines is 1. The first-order valence-corrected chi connectivity index (χ1v) is 12.2. The number of sulfonamides is 1. The second-order valence-corrected chi connectivity index (χ2v) is 10.4. The van der Waals surface area contributed by atoms with Crippen LogP contribution in [0.3, 0.4) is 0 Å². The molecule has 0 unspecified atom stereocenters. The molecule has 0 spiro atoms. The first kappa shape index (κ1) is 21.4. The van der Waals surface area contributed by atoms with Gasteiger partial charge >= 0.3 is 0 Å². The van der Waals surface area contributed by atoms with Gasteiger partial charge in [-0.25, -0.2) is 12.8 Å². The van der Waals surface area contributed by atoms with E-state index in [0.717, 1.165) is 23.3 Å². The van der Waals surface area contributed by atoms with E-state index < -0.39 is 15.8 Å². The Bertz CT molecular complexity index is 1250. The average molecular weight is 473 g/mol. The Morgan fingerprint density at radius 1 is 1.00 bits per heavy atom. The molecule has 3 atom stereocenters. The number of likely N-dealkylation sites (tertiary alicyclic amines) is 1. The van der Waals surface area contributed by atoms with Gasteiger partial charge in [0.2, 0.25) is 0 Å². The highest BCUT2D eigenvalue weighted by molar-refractivity contribution is 7.92. The van der Waals surface area contributed by atoms with E-state index in [9.17, 15) is 17.9 Å². The molecule has 166 valence electrons. The molecule has 3 aromatic rings. The third-order valence-corrected chi connectivity index (χ3v) is 8.66. The van der Waals surface area contributed by atoms with Gasteiger partial charge in [-0.3, -0.25) is 9.21 Å². The lowest BCUT2D eigenvalue weighted by Crippen LogP contribution is -2.68. The van der Waals surface area contributed by atoms with Crippen molar-refractivity contribution in [3.63, 3.8) is 0 Å². The average Bonchev–Trinajstić information content (AvgIpc) is 2.78. The smallest absolute Gasteiger partial charge is 0.264 e. The molecule has 5 rings (SSSR count). The van der Waals surface area contributed by atoms with Crippen LogP contribution >= 0.6 is 11.6 Å². The van der Waals surface area contributed by atoms with Crippen LogP contribution in [0, 0.1) is 5.82 Å². The van der Waals surface area contributed by atoms with Crippen LogP contribution in [0.4, 0.5) is 10.1 Å². The minimum absolute atomic E-state index is 0.0124. The van der Waals surface area contributed by atoms with Crippen LogP contribution in [0.5, 0.6) is 0 Å². The molecule has 2 heterocycles. The van der Waals surface area contributed by atoms with Gasteiger partial charge in [0.1, 0.15) is 5.82 Å². The SMILES string of the molecule is O=S(=O)(c1ccc(F)cc1)N1C[C@H]2[C@@H](c3ccccc31)[C@@H](CO)N2Cc1ccccc1Cl. The maximum Gasteiger partial charge on any atom is 0.264 e. The van der Waals surface area contributed by atoms with E-state index in [0.29, 0.717) is 17.3 Å². The van der Waals surface area contributed by atoms with Crippen molar-refractivity contribution in [2.24, 2.45) is 0 Å². The highest BCUT2D eigenvalue weighted by Crippen LogP contribution is 2.50. The molecule has 8 heteroatoms. The lowest BCUT2D eigenvalue weighted by atomic mass is 9.72. The van der Waals surface area contributed by atoms with E-state index in [-0.39, 0.29) is 36.0 Å². The zero-order chi connectivity index (χ0) is 22.5. The monoisotopic (exact) mass is 472 g/mol. The van der Waals surface area contributed by atoms with Gasteiger partial charge in [-0.05, 0) is 47.5 Å². The van der Waals surface area contributed by atoms with E-state index >= 15 is 0 Å². The zero-order valence-corrected chi connectivity index (χ0v) is 18.7. The largest absolute Gasteiger partial charge is 0.395 e. The van der Waals surface area contributed by atoms with Gasteiger partial charge in [0, 0.05) is 29.6 Å². The second kappa shape index (κ2) is 8.15. The number of fused-ring (bicyclic) bond motifs is 3. The van der Waals surface area contributed by atoms with Crippen LogP contribution in [0.1, 0.15) is 17.0 Å². The molecule has 1 fully saturated rings. The number of hydrogen-bond acceptors (Lipinski definition) is 4. The molecule has 0 saturated carbocycles. The molecule has 1 N–H and O–H groups in total. The Morgan fingerprint density at radius 3 is 2.41 bits per heavy atom. The first-order chi connectivity index (χ1) is 15.4. The summed E-state index contributed by atoms with van der Waals surface area (Å²) in [5, 5.41) is 10.8. The van der Waals surface area contributed by atoms with Gasteiger partial charge in [0.05, 0.1) is 23.7 Å². The summed E-state index contributed by atoms with van der Waals surface area (Å²) in [6, 6.07) is 19.6. The van der Waals surface area contributed by atoms with Gasteiger partial charge in [-0.1, -0.05) is 48.0 Å². The van der Waals surface area contributed by atoms with E-state index in [4.69, 9.17) is 11.6 Å². The zero-order valence-electron chi connectivity index (χ0n) is 17.1. The van der Waals surface area contributed by atoms with Crippen molar-refractivity contribution >= 4 is 27.3 Å². The molecule has 0 amide bonds. The molecule has 0 radical (unpaired) electrons. The number of hydrogen-bond donors (Lipinski definition) is 1. The Balaban J connectivity index is 1.54. The number of aliphatic hydroxyl groups is 1. The van der Waals surface area contributed by atoms with Crippen LogP contribution in [0.25, 0.3) is 0 Å². The highest BCUT2D eigenvalue weighted by atomic mass is 35.5. The van der Waals surface area contributed by atoms with Crippen molar-refractivity contribution in [3.05, 3.63) is 94.8 Å². The summed E-state index contributed by atoms with van der Waals surface area (Å²) in [5.74, 6) is -0.475. The molecule has 3 aromatic carbocycles. The van der Waals surface area contributed by atoms with E-state index in [1.165, 1.54) is 16.4 Å². The maximum atomic E-state index is 13.5. The predicted molar refractivity (Wildman–Crippen MR) is 122 cm³/mol. The van der Waals surface area contributed by atoms with Gasteiger partial charge < -0.3 is 5.11 Å². The van der Waals surface area contributed by atoms with Crippen molar-refractivity contribution in [1.82, 2.24) is 4.90 Å². The van der Waals surface area contributed by atoms with Crippen molar-refractivity contribution in [2.45, 2.75) is 29.4 Å². The van der Waals surface area contributed by atoms with Crippen LogP contribution < -0.4 is 4.31 Å². The summed E-state index contributed by atoms with van der Waals surface area (Å²) in [7, 11) is -3.89. The van der Waals surface area contributed by atoms with Gasteiger partial charge in [-0.15, -0.1) is 0 Å². The normalized spacial score (nSPS) is 22.7. The standard InChI is InChI=1S/C24H22ClFN2O3S/c25-20-7-3-1-5-16(20)13-27-22-14-28(32(30,31)18-11-9-17(26)10-12-18)21-8-4-2-6-19(21)24(22)23(27)15-29/h1-12,22-24,29H,13-15H2/t22-,23+,24+/m0/s1. The molecule has 1 saturated heterocycles. The number of aliphatic hydroxyl groups excluding tert-OH is 1. The van der Waals surface area contributed by atoms with Gasteiger partial charge in [-0.2, -0.15) is 0 Å². The van der Waals surface area contributed by atoms with Crippen molar-refractivity contribution in [3.8, 4) is 0 Å². The Kier molecular flexibility index (Phi) is 5.45.